The molecule has 0 spiro atoms. The monoisotopic (exact) mass is 462 g/mol. The van der Waals surface area contributed by atoms with Crippen molar-refractivity contribution in [1.82, 2.24) is 0 Å². The van der Waals surface area contributed by atoms with E-state index in [0.29, 0.717) is 31.1 Å². The van der Waals surface area contributed by atoms with Gasteiger partial charge in [-0.05, 0) is 66.9 Å². The first-order valence-corrected chi connectivity index (χ1v) is 10.2. The average Bonchev–Trinajstić information content (AvgIpc) is 2.68. The molecule has 0 aliphatic carbocycles. The molecular formula is C22H23Cl2F3O3. The first-order valence-electron chi connectivity index (χ1n) is 9.41. The fourth-order valence-electron chi connectivity index (χ4n) is 2.73. The van der Waals surface area contributed by atoms with Crippen LogP contribution in [0.4, 0.5) is 13.2 Å². The smallest absolute Gasteiger partial charge is 0.416 e. The Morgan fingerprint density at radius 1 is 0.967 bits per heavy atom. The second kappa shape index (κ2) is 11.4. The van der Waals surface area contributed by atoms with Gasteiger partial charge in [-0.25, -0.2) is 0 Å². The van der Waals surface area contributed by atoms with Crippen molar-refractivity contribution in [2.24, 2.45) is 0 Å². The van der Waals surface area contributed by atoms with Gasteiger partial charge in [0.25, 0.3) is 0 Å². The minimum absolute atomic E-state index is 0.154. The molecule has 0 unspecified atom stereocenters. The SMILES string of the molecule is CCc1cc(OCC=C(Cl)Cl)cc(C)c1OCCCOc1ccc(C(F)(F)F)cc1. The Morgan fingerprint density at radius 3 is 2.23 bits per heavy atom. The molecule has 0 heterocycles. The van der Waals surface area contributed by atoms with Crippen molar-refractivity contribution in [3.63, 3.8) is 0 Å². The van der Waals surface area contributed by atoms with Crippen molar-refractivity contribution in [1.29, 1.82) is 0 Å². The lowest BCUT2D eigenvalue weighted by atomic mass is 10.1. The van der Waals surface area contributed by atoms with Crippen molar-refractivity contribution < 1.29 is 27.4 Å². The number of alkyl halides is 3. The second-order valence-corrected chi connectivity index (χ2v) is 7.47. The molecule has 2 rings (SSSR count). The molecule has 30 heavy (non-hydrogen) atoms. The van der Waals surface area contributed by atoms with Gasteiger partial charge in [0.1, 0.15) is 28.3 Å². The molecule has 0 N–H and O–H groups in total. The van der Waals surface area contributed by atoms with Crippen LogP contribution in [0, 0.1) is 6.92 Å². The molecule has 0 aliphatic heterocycles. The van der Waals surface area contributed by atoms with E-state index in [0.717, 1.165) is 35.4 Å². The highest BCUT2D eigenvalue weighted by molar-refractivity contribution is 6.55. The van der Waals surface area contributed by atoms with Gasteiger partial charge >= 0.3 is 6.18 Å². The lowest BCUT2D eigenvalue weighted by Crippen LogP contribution is -2.08. The summed E-state index contributed by atoms with van der Waals surface area (Å²) in [6.45, 7) is 4.98. The molecule has 8 heteroatoms. The molecule has 0 aromatic heterocycles. The van der Waals surface area contributed by atoms with Crippen LogP contribution in [-0.4, -0.2) is 19.8 Å². The van der Waals surface area contributed by atoms with E-state index < -0.39 is 11.7 Å². The highest BCUT2D eigenvalue weighted by atomic mass is 35.5. The van der Waals surface area contributed by atoms with Gasteiger partial charge in [-0.1, -0.05) is 30.1 Å². The average molecular weight is 463 g/mol. The summed E-state index contributed by atoms with van der Waals surface area (Å²) in [6.07, 6.45) is -1.44. The van der Waals surface area contributed by atoms with Gasteiger partial charge in [0.2, 0.25) is 0 Å². The number of halogens is 5. The second-order valence-electron chi connectivity index (χ2n) is 6.46. The Hall–Kier alpha value is -2.05. The Labute approximate surface area is 184 Å². The van der Waals surface area contributed by atoms with Crippen molar-refractivity contribution in [3.8, 4) is 17.2 Å². The summed E-state index contributed by atoms with van der Waals surface area (Å²) in [7, 11) is 0. The molecule has 0 bridgehead atoms. The number of hydrogen-bond donors (Lipinski definition) is 0. The van der Waals surface area contributed by atoms with E-state index in [1.54, 1.807) is 6.08 Å². The summed E-state index contributed by atoms with van der Waals surface area (Å²) >= 11 is 11.2. The first-order chi connectivity index (χ1) is 14.2. The van der Waals surface area contributed by atoms with E-state index in [1.165, 1.54) is 12.1 Å². The quantitative estimate of drug-likeness (QED) is 0.351. The lowest BCUT2D eigenvalue weighted by molar-refractivity contribution is -0.137. The Morgan fingerprint density at radius 2 is 1.63 bits per heavy atom. The summed E-state index contributed by atoms with van der Waals surface area (Å²) in [4.78, 5) is 0. The van der Waals surface area contributed by atoms with Crippen LogP contribution >= 0.6 is 23.2 Å². The molecule has 0 fully saturated rings. The highest BCUT2D eigenvalue weighted by Crippen LogP contribution is 2.31. The number of aryl methyl sites for hydroxylation is 2. The van der Waals surface area contributed by atoms with Crippen LogP contribution in [0.3, 0.4) is 0 Å². The number of ether oxygens (including phenoxy) is 3. The summed E-state index contributed by atoms with van der Waals surface area (Å²) in [5, 5.41) is 0. The van der Waals surface area contributed by atoms with Crippen molar-refractivity contribution >= 4 is 23.2 Å². The Bertz CT molecular complexity index is 846. The van der Waals surface area contributed by atoms with Crippen LogP contribution in [-0.2, 0) is 12.6 Å². The van der Waals surface area contributed by atoms with Crippen LogP contribution in [0.5, 0.6) is 17.2 Å². The van der Waals surface area contributed by atoms with Gasteiger partial charge in [-0.15, -0.1) is 0 Å². The predicted molar refractivity (Wildman–Crippen MR) is 113 cm³/mol. The lowest BCUT2D eigenvalue weighted by Gasteiger charge is -2.16. The number of hydrogen-bond acceptors (Lipinski definition) is 3. The molecule has 2 aromatic carbocycles. The topological polar surface area (TPSA) is 27.7 Å². The molecule has 0 atom stereocenters. The Balaban J connectivity index is 1.84. The third-order valence-corrected chi connectivity index (χ3v) is 4.49. The van der Waals surface area contributed by atoms with Gasteiger partial charge in [0, 0.05) is 6.42 Å². The van der Waals surface area contributed by atoms with Crippen LogP contribution in [0.1, 0.15) is 30.0 Å². The van der Waals surface area contributed by atoms with Crippen LogP contribution < -0.4 is 14.2 Å². The standard InChI is InChI=1S/C22H23Cl2F3O3/c1-3-16-14-19(29-12-9-20(23)24)13-15(2)21(16)30-11-4-10-28-18-7-5-17(6-8-18)22(25,26)27/h5-9,13-14H,3-4,10-12H2,1-2H3. The van der Waals surface area contributed by atoms with Crippen LogP contribution in [0.25, 0.3) is 0 Å². The zero-order chi connectivity index (χ0) is 22.1. The maximum Gasteiger partial charge on any atom is 0.416 e. The summed E-state index contributed by atoms with van der Waals surface area (Å²) in [6, 6.07) is 8.43. The zero-order valence-corrected chi connectivity index (χ0v) is 18.2. The molecule has 0 aliphatic rings. The van der Waals surface area contributed by atoms with E-state index in [9.17, 15) is 13.2 Å². The van der Waals surface area contributed by atoms with Gasteiger partial charge < -0.3 is 14.2 Å². The third kappa shape index (κ3) is 7.65. The molecular weight excluding hydrogens is 440 g/mol. The van der Waals surface area contributed by atoms with Gasteiger partial charge in [-0.2, -0.15) is 13.2 Å². The van der Waals surface area contributed by atoms with Gasteiger partial charge in [0.15, 0.2) is 0 Å². The third-order valence-electron chi connectivity index (χ3n) is 4.18. The van der Waals surface area contributed by atoms with Crippen LogP contribution in [0.15, 0.2) is 47.0 Å². The predicted octanol–water partition coefficient (Wildman–Crippen LogP) is 7.12. The summed E-state index contributed by atoms with van der Waals surface area (Å²) in [5.74, 6) is 1.89. The molecule has 3 nitrogen and oxygen atoms in total. The molecule has 0 radical (unpaired) electrons. The Kier molecular flexibility index (Phi) is 9.18. The normalized spacial score (nSPS) is 11.2. The molecule has 0 saturated heterocycles. The van der Waals surface area contributed by atoms with E-state index in [4.69, 9.17) is 37.4 Å². The minimum Gasteiger partial charge on any atom is -0.493 e. The fourth-order valence-corrected chi connectivity index (χ4v) is 2.85. The van der Waals surface area contributed by atoms with Gasteiger partial charge in [0.05, 0.1) is 18.8 Å². The molecule has 0 saturated carbocycles. The van der Waals surface area contributed by atoms with Crippen molar-refractivity contribution in [2.45, 2.75) is 32.9 Å². The van der Waals surface area contributed by atoms with Gasteiger partial charge in [-0.3, -0.25) is 0 Å². The van der Waals surface area contributed by atoms with E-state index in [-0.39, 0.29) is 11.1 Å². The number of rotatable bonds is 10. The molecule has 164 valence electrons. The number of benzene rings is 2. The minimum atomic E-state index is -4.35. The molecule has 2 aromatic rings. The largest absolute Gasteiger partial charge is 0.493 e. The maximum atomic E-state index is 12.6. The van der Waals surface area contributed by atoms with E-state index >= 15 is 0 Å². The zero-order valence-electron chi connectivity index (χ0n) is 16.7. The van der Waals surface area contributed by atoms with E-state index in [2.05, 4.69) is 0 Å². The molecule has 0 amide bonds. The van der Waals surface area contributed by atoms with Crippen molar-refractivity contribution in [2.75, 3.05) is 19.8 Å². The van der Waals surface area contributed by atoms with Crippen LogP contribution in [0.2, 0.25) is 0 Å². The first kappa shape index (κ1) is 24.2. The highest BCUT2D eigenvalue weighted by Gasteiger charge is 2.30. The maximum absolute atomic E-state index is 12.6. The summed E-state index contributed by atoms with van der Waals surface area (Å²) < 4.78 is 54.9. The fraction of sp³-hybridized carbons (Fsp3) is 0.364. The summed E-state index contributed by atoms with van der Waals surface area (Å²) in [5.41, 5.74) is 1.25. The van der Waals surface area contributed by atoms with E-state index in [1.807, 2.05) is 26.0 Å². The van der Waals surface area contributed by atoms with Crippen molar-refractivity contribution in [3.05, 3.63) is 63.7 Å².